The second-order valence-electron chi connectivity index (χ2n) is 10.2. The number of halogens is 3. The molecule has 2 aliphatic rings. The quantitative estimate of drug-likeness (QED) is 0.361. The molecular formula is C26H24F3N7O3. The van der Waals surface area contributed by atoms with E-state index in [-0.39, 0.29) is 23.5 Å². The SMILES string of the molecule is COc1ncc(-c2cc(C3C[C@@H]3c3cnc4c(c3)N(CC(F)(F)F)C(=O)C4(C)C)c3nccn3n2)c(OC)n1. The number of carbonyl (C=O) groups excluding carboxylic acids is 1. The van der Waals surface area contributed by atoms with Crippen molar-refractivity contribution in [3.05, 3.63) is 53.7 Å². The van der Waals surface area contributed by atoms with Gasteiger partial charge in [0, 0.05) is 30.4 Å². The number of carbonyl (C=O) groups is 1. The molecule has 4 aromatic heterocycles. The van der Waals surface area contributed by atoms with Gasteiger partial charge in [0.1, 0.15) is 6.54 Å². The van der Waals surface area contributed by atoms with E-state index in [4.69, 9.17) is 9.47 Å². The third-order valence-electron chi connectivity index (χ3n) is 7.28. The molecule has 4 aromatic rings. The molecule has 202 valence electrons. The van der Waals surface area contributed by atoms with Crippen LogP contribution in [-0.4, -0.2) is 62.4 Å². The zero-order valence-electron chi connectivity index (χ0n) is 21.5. The van der Waals surface area contributed by atoms with Gasteiger partial charge in [0.2, 0.25) is 11.8 Å². The van der Waals surface area contributed by atoms with Gasteiger partial charge in [-0.1, -0.05) is 0 Å². The first kappa shape index (κ1) is 25.0. The van der Waals surface area contributed by atoms with Crippen molar-refractivity contribution >= 4 is 17.2 Å². The van der Waals surface area contributed by atoms with Crippen LogP contribution >= 0.6 is 0 Å². The lowest BCUT2D eigenvalue weighted by atomic mass is 9.90. The molecule has 1 amide bonds. The Morgan fingerprint density at radius 2 is 1.87 bits per heavy atom. The van der Waals surface area contributed by atoms with Crippen LogP contribution in [0.15, 0.2) is 36.9 Å². The molecule has 1 saturated carbocycles. The first-order valence-corrected chi connectivity index (χ1v) is 12.2. The van der Waals surface area contributed by atoms with E-state index in [1.807, 2.05) is 6.07 Å². The minimum Gasteiger partial charge on any atom is -0.480 e. The predicted octanol–water partition coefficient (Wildman–Crippen LogP) is 4.06. The van der Waals surface area contributed by atoms with Crippen LogP contribution in [0.4, 0.5) is 18.9 Å². The number of hydrogen-bond acceptors (Lipinski definition) is 8. The van der Waals surface area contributed by atoms with Crippen molar-refractivity contribution in [3.8, 4) is 23.1 Å². The third kappa shape index (κ3) is 4.12. The predicted molar refractivity (Wildman–Crippen MR) is 133 cm³/mol. The summed E-state index contributed by atoms with van der Waals surface area (Å²) in [5.74, 6) is -0.311. The van der Waals surface area contributed by atoms with Gasteiger partial charge in [-0.2, -0.15) is 23.3 Å². The minimum atomic E-state index is -4.53. The Balaban J connectivity index is 1.37. The number of nitrogens with zero attached hydrogens (tertiary/aromatic N) is 7. The van der Waals surface area contributed by atoms with Crippen molar-refractivity contribution in [1.29, 1.82) is 0 Å². The van der Waals surface area contributed by atoms with E-state index in [0.717, 1.165) is 22.4 Å². The molecule has 10 nitrogen and oxygen atoms in total. The number of hydrogen-bond donors (Lipinski definition) is 0. The highest BCUT2D eigenvalue weighted by atomic mass is 19.4. The van der Waals surface area contributed by atoms with E-state index >= 15 is 0 Å². The Bertz CT molecular complexity index is 1620. The fourth-order valence-electron chi connectivity index (χ4n) is 5.28. The zero-order chi connectivity index (χ0) is 27.7. The molecule has 13 heteroatoms. The Kier molecular flexibility index (Phi) is 5.52. The largest absolute Gasteiger partial charge is 0.480 e. The number of aromatic nitrogens is 6. The molecule has 5 heterocycles. The molecule has 6 rings (SSSR count). The zero-order valence-corrected chi connectivity index (χ0v) is 21.5. The summed E-state index contributed by atoms with van der Waals surface area (Å²) >= 11 is 0. The van der Waals surface area contributed by atoms with Gasteiger partial charge < -0.3 is 14.4 Å². The Hall–Kier alpha value is -4.29. The maximum Gasteiger partial charge on any atom is 0.406 e. The highest BCUT2D eigenvalue weighted by molar-refractivity contribution is 6.07. The van der Waals surface area contributed by atoms with E-state index < -0.39 is 24.0 Å². The Morgan fingerprint density at radius 3 is 2.59 bits per heavy atom. The molecule has 1 aliphatic carbocycles. The fourth-order valence-corrected chi connectivity index (χ4v) is 5.28. The summed E-state index contributed by atoms with van der Waals surface area (Å²) in [6.07, 6.45) is 2.82. The van der Waals surface area contributed by atoms with E-state index in [1.165, 1.54) is 14.2 Å². The number of pyridine rings is 1. The molecule has 0 aromatic carbocycles. The van der Waals surface area contributed by atoms with Crippen molar-refractivity contribution in [1.82, 2.24) is 29.5 Å². The topological polar surface area (TPSA) is 108 Å². The van der Waals surface area contributed by atoms with Crippen molar-refractivity contribution < 1.29 is 27.4 Å². The second-order valence-corrected chi connectivity index (χ2v) is 10.2. The first-order valence-electron chi connectivity index (χ1n) is 12.2. The van der Waals surface area contributed by atoms with Crippen LogP contribution in [0.2, 0.25) is 0 Å². The molecule has 0 saturated heterocycles. The molecule has 0 radical (unpaired) electrons. The van der Waals surface area contributed by atoms with Crippen LogP contribution in [0.25, 0.3) is 16.9 Å². The van der Waals surface area contributed by atoms with Crippen LogP contribution in [0, 0.1) is 0 Å². The van der Waals surface area contributed by atoms with Gasteiger partial charge >= 0.3 is 12.2 Å². The Morgan fingerprint density at radius 1 is 1.08 bits per heavy atom. The van der Waals surface area contributed by atoms with E-state index in [2.05, 4.69) is 25.0 Å². The number of ether oxygens (including phenoxy) is 2. The van der Waals surface area contributed by atoms with Gasteiger partial charge in [0.15, 0.2) is 5.65 Å². The number of alkyl halides is 3. The smallest absolute Gasteiger partial charge is 0.406 e. The van der Waals surface area contributed by atoms with Crippen LogP contribution in [0.5, 0.6) is 11.9 Å². The highest BCUT2D eigenvalue weighted by Crippen LogP contribution is 2.57. The molecule has 1 aliphatic heterocycles. The summed E-state index contributed by atoms with van der Waals surface area (Å²) in [6.45, 7) is 1.85. The lowest BCUT2D eigenvalue weighted by Gasteiger charge is -2.21. The summed E-state index contributed by atoms with van der Waals surface area (Å²) < 4.78 is 52.2. The number of anilines is 1. The summed E-state index contributed by atoms with van der Waals surface area (Å²) in [6, 6.07) is 3.74. The lowest BCUT2D eigenvalue weighted by Crippen LogP contribution is -2.41. The average molecular weight is 540 g/mol. The fraction of sp³-hybridized carbons (Fsp3) is 0.385. The van der Waals surface area contributed by atoms with Crippen LogP contribution < -0.4 is 14.4 Å². The highest BCUT2D eigenvalue weighted by Gasteiger charge is 2.50. The van der Waals surface area contributed by atoms with Crippen LogP contribution in [-0.2, 0) is 10.2 Å². The Labute approximate surface area is 220 Å². The van der Waals surface area contributed by atoms with Gasteiger partial charge in [0.05, 0.1) is 42.3 Å². The molecule has 1 unspecified atom stereocenters. The van der Waals surface area contributed by atoms with Gasteiger partial charge in [-0.3, -0.25) is 9.78 Å². The van der Waals surface area contributed by atoms with Gasteiger partial charge in [0.25, 0.3) is 0 Å². The number of fused-ring (bicyclic) bond motifs is 2. The molecule has 1 fully saturated rings. The second kappa shape index (κ2) is 8.61. The van der Waals surface area contributed by atoms with Gasteiger partial charge in [-0.15, -0.1) is 0 Å². The van der Waals surface area contributed by atoms with Crippen molar-refractivity contribution in [2.45, 2.75) is 43.7 Å². The summed E-state index contributed by atoms with van der Waals surface area (Å²) in [5, 5.41) is 4.64. The first-order chi connectivity index (χ1) is 18.5. The average Bonchev–Trinajstić information content (AvgIpc) is 3.52. The summed E-state index contributed by atoms with van der Waals surface area (Å²) in [7, 11) is 2.95. The number of imidazole rings is 1. The molecule has 0 spiro atoms. The number of amides is 1. The maximum atomic E-state index is 13.3. The standard InChI is InChI=1S/C26H24F3N7O3/c1-25(2)20-19(35(23(25)37)12-26(27,28)29)7-13(10-31-20)14-8-15(14)16-9-18(34-36-6-5-30-21(16)36)17-11-32-24(39-4)33-22(17)38-3/h5-7,9-11,14-15H,8,12H2,1-4H3/t14-,15?/m1/s1. The van der Waals surface area contributed by atoms with E-state index in [0.29, 0.717) is 28.5 Å². The molecule has 2 atom stereocenters. The monoisotopic (exact) mass is 539 g/mol. The summed E-state index contributed by atoms with van der Waals surface area (Å²) in [4.78, 5) is 31.1. The van der Waals surface area contributed by atoms with Crippen LogP contribution in [0.3, 0.4) is 0 Å². The number of rotatable bonds is 6. The van der Waals surface area contributed by atoms with Gasteiger partial charge in [-0.05, 0) is 49.8 Å². The van der Waals surface area contributed by atoms with Crippen LogP contribution in [0.1, 0.15) is 48.9 Å². The molecular weight excluding hydrogens is 515 g/mol. The lowest BCUT2D eigenvalue weighted by molar-refractivity contribution is -0.134. The van der Waals surface area contributed by atoms with Crippen molar-refractivity contribution in [2.24, 2.45) is 0 Å². The van der Waals surface area contributed by atoms with E-state index in [1.54, 1.807) is 49.2 Å². The van der Waals surface area contributed by atoms with Crippen molar-refractivity contribution in [3.63, 3.8) is 0 Å². The van der Waals surface area contributed by atoms with Gasteiger partial charge in [-0.25, -0.2) is 14.5 Å². The normalized spacial score (nSPS) is 19.9. The molecule has 39 heavy (non-hydrogen) atoms. The third-order valence-corrected chi connectivity index (χ3v) is 7.28. The number of methoxy groups -OCH3 is 2. The molecule has 0 bridgehead atoms. The minimum absolute atomic E-state index is 0.0147. The van der Waals surface area contributed by atoms with E-state index in [9.17, 15) is 18.0 Å². The molecule has 0 N–H and O–H groups in total. The summed E-state index contributed by atoms with van der Waals surface area (Å²) in [5.41, 5.74) is 2.92. The maximum absolute atomic E-state index is 13.3. The van der Waals surface area contributed by atoms with Crippen molar-refractivity contribution in [2.75, 3.05) is 25.7 Å².